The first-order chi connectivity index (χ1) is 8.70. The highest BCUT2D eigenvalue weighted by Gasteiger charge is 2.29. The second-order valence-electron chi connectivity index (χ2n) is 5.08. The zero-order valence-corrected chi connectivity index (χ0v) is 11.0. The fraction of sp³-hybridized carbons (Fsp3) is 0.846. The molecule has 2 rings (SSSR count). The van der Waals surface area contributed by atoms with E-state index in [9.17, 15) is 9.59 Å². The van der Waals surface area contributed by atoms with E-state index < -0.39 is 11.9 Å². The molecular formula is C13H22N2O3. The summed E-state index contributed by atoms with van der Waals surface area (Å²) in [5.74, 6) is -1.21. The third-order valence-electron chi connectivity index (χ3n) is 3.81. The van der Waals surface area contributed by atoms with Crippen LogP contribution in [-0.2, 0) is 14.3 Å². The predicted molar refractivity (Wildman–Crippen MR) is 67.0 cm³/mol. The van der Waals surface area contributed by atoms with Crippen LogP contribution in [0, 0.1) is 0 Å². The predicted octanol–water partition coefficient (Wildman–Crippen LogP) is 0.683. The van der Waals surface area contributed by atoms with Gasteiger partial charge in [-0.3, -0.25) is 4.79 Å². The van der Waals surface area contributed by atoms with E-state index in [1.807, 2.05) is 0 Å². The fourth-order valence-corrected chi connectivity index (χ4v) is 2.48. The summed E-state index contributed by atoms with van der Waals surface area (Å²) in [5, 5.41) is 3.62. The fourth-order valence-electron chi connectivity index (χ4n) is 2.48. The molecule has 1 amide bonds. The van der Waals surface area contributed by atoms with Gasteiger partial charge in [0, 0.05) is 25.2 Å². The number of hydrogen-bond donors (Lipinski definition) is 1. The molecular weight excluding hydrogens is 232 g/mol. The van der Waals surface area contributed by atoms with Crippen molar-refractivity contribution in [1.82, 2.24) is 10.2 Å². The van der Waals surface area contributed by atoms with Gasteiger partial charge in [0.15, 0.2) is 0 Å². The SMILES string of the molecule is CCOC(=O)C(=O)N1CCC(NC2CCC2)CC1. The van der Waals surface area contributed by atoms with Gasteiger partial charge in [-0.2, -0.15) is 0 Å². The number of ether oxygens (including phenoxy) is 1. The average molecular weight is 254 g/mol. The van der Waals surface area contributed by atoms with Crippen LogP contribution >= 0.6 is 0 Å². The molecule has 1 aliphatic carbocycles. The number of amides is 1. The summed E-state index contributed by atoms with van der Waals surface area (Å²) in [4.78, 5) is 24.7. The molecule has 18 heavy (non-hydrogen) atoms. The number of piperidine rings is 1. The van der Waals surface area contributed by atoms with E-state index in [2.05, 4.69) is 5.32 Å². The lowest BCUT2D eigenvalue weighted by molar-refractivity contribution is -0.160. The zero-order valence-electron chi connectivity index (χ0n) is 11.0. The standard InChI is InChI=1S/C13H22N2O3/c1-2-18-13(17)12(16)15-8-6-11(7-9-15)14-10-4-3-5-10/h10-11,14H,2-9H2,1H3. The lowest BCUT2D eigenvalue weighted by Gasteiger charge is -2.36. The molecule has 0 bridgehead atoms. The van der Waals surface area contributed by atoms with Crippen molar-refractivity contribution in [2.75, 3.05) is 19.7 Å². The number of carbonyl (C=O) groups excluding carboxylic acids is 2. The highest BCUT2D eigenvalue weighted by atomic mass is 16.5. The second kappa shape index (κ2) is 6.18. The van der Waals surface area contributed by atoms with E-state index in [1.54, 1.807) is 11.8 Å². The Labute approximate surface area is 108 Å². The maximum Gasteiger partial charge on any atom is 0.397 e. The highest BCUT2D eigenvalue weighted by Crippen LogP contribution is 2.21. The number of esters is 1. The molecule has 2 fully saturated rings. The molecule has 1 aliphatic heterocycles. The first-order valence-electron chi connectivity index (χ1n) is 6.92. The Balaban J connectivity index is 1.71. The van der Waals surface area contributed by atoms with Crippen LogP contribution in [0.15, 0.2) is 0 Å². The Morgan fingerprint density at radius 3 is 2.28 bits per heavy atom. The molecule has 0 unspecified atom stereocenters. The van der Waals surface area contributed by atoms with Gasteiger partial charge in [0.25, 0.3) is 0 Å². The van der Waals surface area contributed by atoms with Crippen LogP contribution in [0.5, 0.6) is 0 Å². The van der Waals surface area contributed by atoms with Crippen molar-refractivity contribution in [1.29, 1.82) is 0 Å². The Morgan fingerprint density at radius 2 is 1.78 bits per heavy atom. The van der Waals surface area contributed by atoms with Crippen LogP contribution in [0.2, 0.25) is 0 Å². The molecule has 0 aromatic heterocycles. The van der Waals surface area contributed by atoms with E-state index in [1.165, 1.54) is 19.3 Å². The van der Waals surface area contributed by atoms with Crippen molar-refractivity contribution in [3.63, 3.8) is 0 Å². The van der Waals surface area contributed by atoms with Gasteiger partial charge in [0.05, 0.1) is 6.61 Å². The minimum Gasteiger partial charge on any atom is -0.459 e. The molecule has 0 aromatic carbocycles. The number of likely N-dealkylation sites (tertiary alicyclic amines) is 1. The van der Waals surface area contributed by atoms with E-state index in [0.717, 1.165) is 12.8 Å². The first-order valence-corrected chi connectivity index (χ1v) is 6.92. The minimum atomic E-state index is -0.720. The van der Waals surface area contributed by atoms with Gasteiger partial charge in [-0.05, 0) is 32.6 Å². The van der Waals surface area contributed by atoms with Gasteiger partial charge in [0.2, 0.25) is 0 Å². The van der Waals surface area contributed by atoms with Crippen molar-refractivity contribution >= 4 is 11.9 Å². The van der Waals surface area contributed by atoms with Gasteiger partial charge in [0.1, 0.15) is 0 Å². The summed E-state index contributed by atoms with van der Waals surface area (Å²) in [7, 11) is 0. The highest BCUT2D eigenvalue weighted by molar-refractivity contribution is 6.32. The summed E-state index contributed by atoms with van der Waals surface area (Å²) in [6.45, 7) is 3.27. The third kappa shape index (κ3) is 3.22. The lowest BCUT2D eigenvalue weighted by Crippen LogP contribution is -2.50. The van der Waals surface area contributed by atoms with Crippen LogP contribution in [0.4, 0.5) is 0 Å². The zero-order chi connectivity index (χ0) is 13.0. The van der Waals surface area contributed by atoms with Crippen molar-refractivity contribution in [3.8, 4) is 0 Å². The van der Waals surface area contributed by atoms with Gasteiger partial charge in [-0.1, -0.05) is 6.42 Å². The Hall–Kier alpha value is -1.10. The second-order valence-corrected chi connectivity index (χ2v) is 5.08. The minimum absolute atomic E-state index is 0.254. The maximum absolute atomic E-state index is 11.7. The molecule has 0 spiro atoms. The Bertz CT molecular complexity index is 307. The third-order valence-corrected chi connectivity index (χ3v) is 3.81. The number of hydrogen-bond acceptors (Lipinski definition) is 4. The summed E-state index contributed by atoms with van der Waals surface area (Å²) in [5.41, 5.74) is 0. The van der Waals surface area contributed by atoms with Crippen LogP contribution in [0.1, 0.15) is 39.0 Å². The molecule has 5 nitrogen and oxygen atoms in total. The van der Waals surface area contributed by atoms with Crippen molar-refractivity contribution in [3.05, 3.63) is 0 Å². The monoisotopic (exact) mass is 254 g/mol. The number of carbonyl (C=O) groups is 2. The van der Waals surface area contributed by atoms with E-state index >= 15 is 0 Å². The van der Waals surface area contributed by atoms with Crippen LogP contribution in [0.3, 0.4) is 0 Å². The number of rotatable bonds is 3. The molecule has 1 saturated carbocycles. The smallest absolute Gasteiger partial charge is 0.397 e. The summed E-state index contributed by atoms with van der Waals surface area (Å²) in [6.07, 6.45) is 5.76. The van der Waals surface area contributed by atoms with Gasteiger partial charge in [-0.15, -0.1) is 0 Å². The Morgan fingerprint density at radius 1 is 1.17 bits per heavy atom. The lowest BCUT2D eigenvalue weighted by atomic mass is 9.91. The topological polar surface area (TPSA) is 58.6 Å². The average Bonchev–Trinajstić information content (AvgIpc) is 2.34. The van der Waals surface area contributed by atoms with Crippen molar-refractivity contribution in [2.24, 2.45) is 0 Å². The summed E-state index contributed by atoms with van der Waals surface area (Å²) in [6, 6.07) is 1.18. The summed E-state index contributed by atoms with van der Waals surface area (Å²) < 4.78 is 4.73. The normalized spacial score (nSPS) is 21.5. The molecule has 0 atom stereocenters. The van der Waals surface area contributed by atoms with Crippen molar-refractivity contribution < 1.29 is 14.3 Å². The first kappa shape index (κ1) is 13.3. The molecule has 1 N–H and O–H groups in total. The van der Waals surface area contributed by atoms with E-state index in [-0.39, 0.29) is 6.61 Å². The molecule has 102 valence electrons. The summed E-state index contributed by atoms with van der Waals surface area (Å²) >= 11 is 0. The van der Waals surface area contributed by atoms with Crippen LogP contribution in [0.25, 0.3) is 0 Å². The molecule has 0 aromatic rings. The number of nitrogens with one attached hydrogen (secondary N) is 1. The molecule has 5 heteroatoms. The maximum atomic E-state index is 11.7. The number of nitrogens with zero attached hydrogens (tertiary/aromatic N) is 1. The van der Waals surface area contributed by atoms with Crippen molar-refractivity contribution in [2.45, 2.75) is 51.1 Å². The quantitative estimate of drug-likeness (QED) is 0.594. The molecule has 2 aliphatic rings. The molecule has 1 heterocycles. The van der Waals surface area contributed by atoms with E-state index in [0.29, 0.717) is 25.2 Å². The van der Waals surface area contributed by atoms with Crippen LogP contribution < -0.4 is 5.32 Å². The molecule has 1 saturated heterocycles. The van der Waals surface area contributed by atoms with Gasteiger partial charge in [-0.25, -0.2) is 4.79 Å². The van der Waals surface area contributed by atoms with Crippen LogP contribution in [-0.4, -0.2) is 48.6 Å². The Kier molecular flexibility index (Phi) is 4.58. The molecule has 0 radical (unpaired) electrons. The van der Waals surface area contributed by atoms with Gasteiger partial charge >= 0.3 is 11.9 Å². The largest absolute Gasteiger partial charge is 0.459 e. The van der Waals surface area contributed by atoms with E-state index in [4.69, 9.17) is 4.74 Å². The van der Waals surface area contributed by atoms with Gasteiger partial charge < -0.3 is 15.0 Å².